The topological polar surface area (TPSA) is 45.5 Å². The van der Waals surface area contributed by atoms with E-state index >= 15 is 0 Å². The molecule has 1 aromatic carbocycles. The number of furan rings is 1. The lowest BCUT2D eigenvalue weighted by molar-refractivity contribution is 0.0918. The number of nitrogens with one attached hydrogen (secondary N) is 1. The molecule has 1 aliphatic heterocycles. The molecular weight excluding hydrogens is 332 g/mol. The van der Waals surface area contributed by atoms with Gasteiger partial charge in [0.2, 0.25) is 0 Å². The van der Waals surface area contributed by atoms with Gasteiger partial charge in [-0.3, -0.25) is 9.69 Å². The fraction of sp³-hybridized carbons (Fsp3) is 0.350. The van der Waals surface area contributed by atoms with Gasteiger partial charge in [-0.05, 0) is 55.6 Å². The highest BCUT2D eigenvalue weighted by Crippen LogP contribution is 2.27. The highest BCUT2D eigenvalue weighted by Gasteiger charge is 2.25. The zero-order valence-electron chi connectivity index (χ0n) is 14.1. The first-order valence-corrected chi connectivity index (χ1v) is 9.67. The van der Waals surface area contributed by atoms with Crippen LogP contribution >= 0.6 is 11.3 Å². The maximum atomic E-state index is 12.6. The molecule has 0 bridgehead atoms. The number of thiophene rings is 1. The van der Waals surface area contributed by atoms with E-state index in [4.69, 9.17) is 4.42 Å². The summed E-state index contributed by atoms with van der Waals surface area (Å²) in [5.41, 5.74) is 0. The van der Waals surface area contributed by atoms with Crippen LogP contribution in [-0.2, 0) is 0 Å². The van der Waals surface area contributed by atoms with Crippen LogP contribution in [0.4, 0.5) is 0 Å². The minimum absolute atomic E-state index is 0.00485. The lowest BCUT2D eigenvalue weighted by atomic mass is 10.1. The third-order valence-corrected chi connectivity index (χ3v) is 5.92. The minimum atomic E-state index is -0.00485. The van der Waals surface area contributed by atoms with Gasteiger partial charge in [0.1, 0.15) is 5.76 Å². The summed E-state index contributed by atoms with van der Waals surface area (Å²) in [5.74, 6) is 0.924. The van der Waals surface area contributed by atoms with Gasteiger partial charge in [-0.2, -0.15) is 0 Å². The molecule has 1 atom stereocenters. The van der Waals surface area contributed by atoms with Crippen molar-refractivity contribution in [2.45, 2.75) is 25.3 Å². The van der Waals surface area contributed by atoms with Crippen molar-refractivity contribution in [1.29, 1.82) is 0 Å². The summed E-state index contributed by atoms with van der Waals surface area (Å²) in [5, 5.41) is 4.24. The SMILES string of the molecule is O=C(NCC(c1ccco1)N1CCCCC1)c1cc2ccccc2s1. The van der Waals surface area contributed by atoms with Crippen LogP contribution in [0.25, 0.3) is 10.1 Å². The molecule has 0 radical (unpaired) electrons. The molecule has 4 rings (SSSR count). The molecule has 5 heteroatoms. The molecule has 1 amide bonds. The maximum Gasteiger partial charge on any atom is 0.261 e. The molecular formula is C20H22N2O2S. The standard InChI is InChI=1S/C20H22N2O2S/c23-20(19-13-15-7-2-3-9-18(15)25-19)21-14-16(17-8-6-12-24-17)22-10-4-1-5-11-22/h2-3,6-9,12-13,16H,1,4-5,10-11,14H2,(H,21,23). The van der Waals surface area contributed by atoms with E-state index in [1.54, 1.807) is 17.6 Å². The normalized spacial score (nSPS) is 16.8. The number of fused-ring (bicyclic) bond motifs is 1. The monoisotopic (exact) mass is 354 g/mol. The number of piperidine rings is 1. The second-order valence-corrected chi connectivity index (χ2v) is 7.57. The molecule has 1 N–H and O–H groups in total. The van der Waals surface area contributed by atoms with Gasteiger partial charge in [-0.1, -0.05) is 24.6 Å². The summed E-state index contributed by atoms with van der Waals surface area (Å²) < 4.78 is 6.79. The third-order valence-electron chi connectivity index (χ3n) is 4.81. The van der Waals surface area contributed by atoms with E-state index in [2.05, 4.69) is 16.3 Å². The van der Waals surface area contributed by atoms with E-state index in [9.17, 15) is 4.79 Å². The summed E-state index contributed by atoms with van der Waals surface area (Å²) in [6.45, 7) is 2.69. The fourth-order valence-corrected chi connectivity index (χ4v) is 4.47. The second-order valence-electron chi connectivity index (χ2n) is 6.49. The van der Waals surface area contributed by atoms with E-state index in [1.165, 1.54) is 19.3 Å². The first-order valence-electron chi connectivity index (χ1n) is 8.85. The minimum Gasteiger partial charge on any atom is -0.468 e. The second kappa shape index (κ2) is 7.42. The summed E-state index contributed by atoms with van der Waals surface area (Å²) in [6.07, 6.45) is 5.42. The van der Waals surface area contributed by atoms with Crippen LogP contribution in [0.3, 0.4) is 0 Å². The van der Waals surface area contributed by atoms with Gasteiger partial charge in [-0.15, -0.1) is 11.3 Å². The molecule has 1 fully saturated rings. The summed E-state index contributed by atoms with van der Waals surface area (Å²) in [6, 6.07) is 14.1. The van der Waals surface area contributed by atoms with Crippen molar-refractivity contribution in [3.63, 3.8) is 0 Å². The summed E-state index contributed by atoms with van der Waals surface area (Å²) in [7, 11) is 0. The Morgan fingerprint density at radius 2 is 2.00 bits per heavy atom. The quantitative estimate of drug-likeness (QED) is 0.736. The van der Waals surface area contributed by atoms with Crippen molar-refractivity contribution in [3.8, 4) is 0 Å². The largest absolute Gasteiger partial charge is 0.468 e. The number of carbonyl (C=O) groups is 1. The third kappa shape index (κ3) is 3.62. The predicted molar refractivity (Wildman–Crippen MR) is 101 cm³/mol. The number of benzene rings is 1. The maximum absolute atomic E-state index is 12.6. The zero-order chi connectivity index (χ0) is 17.1. The molecule has 25 heavy (non-hydrogen) atoms. The molecule has 3 aromatic rings. The van der Waals surface area contributed by atoms with Gasteiger partial charge in [-0.25, -0.2) is 0 Å². The molecule has 0 aliphatic carbocycles. The van der Waals surface area contributed by atoms with Crippen molar-refractivity contribution in [3.05, 3.63) is 59.4 Å². The Morgan fingerprint density at radius 1 is 1.16 bits per heavy atom. The molecule has 130 valence electrons. The van der Waals surface area contributed by atoms with Gasteiger partial charge in [0.15, 0.2) is 0 Å². The molecule has 2 aromatic heterocycles. The molecule has 0 spiro atoms. The van der Waals surface area contributed by atoms with E-state index in [0.29, 0.717) is 6.54 Å². The van der Waals surface area contributed by atoms with Crippen molar-refractivity contribution >= 4 is 27.3 Å². The van der Waals surface area contributed by atoms with E-state index < -0.39 is 0 Å². The number of carbonyl (C=O) groups excluding carboxylic acids is 1. The average Bonchev–Trinajstić information content (AvgIpc) is 3.32. The van der Waals surface area contributed by atoms with Crippen LogP contribution in [-0.4, -0.2) is 30.4 Å². The van der Waals surface area contributed by atoms with Crippen LogP contribution in [0.2, 0.25) is 0 Å². The average molecular weight is 354 g/mol. The van der Waals surface area contributed by atoms with Crippen molar-refractivity contribution < 1.29 is 9.21 Å². The van der Waals surface area contributed by atoms with Crippen LogP contribution in [0, 0.1) is 0 Å². The number of hydrogen-bond acceptors (Lipinski definition) is 4. The van der Waals surface area contributed by atoms with Gasteiger partial charge in [0.05, 0.1) is 17.2 Å². The Labute approximate surface area is 151 Å². The summed E-state index contributed by atoms with van der Waals surface area (Å²) >= 11 is 1.54. The molecule has 3 heterocycles. The Balaban J connectivity index is 1.47. The van der Waals surface area contributed by atoms with Gasteiger partial charge in [0, 0.05) is 11.2 Å². The van der Waals surface area contributed by atoms with Crippen LogP contribution in [0.15, 0.2) is 53.1 Å². The van der Waals surface area contributed by atoms with Crippen molar-refractivity contribution in [2.24, 2.45) is 0 Å². The number of hydrogen-bond donors (Lipinski definition) is 1. The van der Waals surface area contributed by atoms with E-state index in [0.717, 1.165) is 33.8 Å². The Morgan fingerprint density at radius 3 is 2.76 bits per heavy atom. The first kappa shape index (κ1) is 16.4. The van der Waals surface area contributed by atoms with Crippen LogP contribution < -0.4 is 5.32 Å². The van der Waals surface area contributed by atoms with Gasteiger partial charge < -0.3 is 9.73 Å². The van der Waals surface area contributed by atoms with E-state index in [-0.39, 0.29) is 11.9 Å². The number of likely N-dealkylation sites (tertiary alicyclic amines) is 1. The Hall–Kier alpha value is -2.11. The molecule has 0 saturated carbocycles. The lowest BCUT2D eigenvalue weighted by Crippen LogP contribution is -2.40. The Bertz CT molecular complexity index is 801. The van der Waals surface area contributed by atoms with Crippen LogP contribution in [0.5, 0.6) is 0 Å². The fourth-order valence-electron chi connectivity index (χ4n) is 3.49. The van der Waals surface area contributed by atoms with E-state index in [1.807, 2.05) is 36.4 Å². The molecule has 4 nitrogen and oxygen atoms in total. The summed E-state index contributed by atoms with van der Waals surface area (Å²) in [4.78, 5) is 15.8. The highest BCUT2D eigenvalue weighted by atomic mass is 32.1. The lowest BCUT2D eigenvalue weighted by Gasteiger charge is -2.33. The molecule has 1 saturated heterocycles. The smallest absolute Gasteiger partial charge is 0.261 e. The predicted octanol–water partition coefficient (Wildman–Crippen LogP) is 4.45. The van der Waals surface area contributed by atoms with Gasteiger partial charge >= 0.3 is 0 Å². The van der Waals surface area contributed by atoms with Crippen LogP contribution in [0.1, 0.15) is 40.7 Å². The zero-order valence-corrected chi connectivity index (χ0v) is 14.9. The number of amides is 1. The molecule has 1 aliphatic rings. The van der Waals surface area contributed by atoms with Crippen molar-refractivity contribution in [1.82, 2.24) is 10.2 Å². The Kier molecular flexibility index (Phi) is 4.85. The van der Waals surface area contributed by atoms with Crippen molar-refractivity contribution in [2.75, 3.05) is 19.6 Å². The van der Waals surface area contributed by atoms with Gasteiger partial charge in [0.25, 0.3) is 5.91 Å². The first-order chi connectivity index (χ1) is 12.3. The number of rotatable bonds is 5. The highest BCUT2D eigenvalue weighted by molar-refractivity contribution is 7.20. The molecule has 1 unspecified atom stereocenters. The number of nitrogens with zero attached hydrogens (tertiary/aromatic N) is 1.